The molecule has 0 amide bonds. The summed E-state index contributed by atoms with van der Waals surface area (Å²) in [7, 11) is 0. The van der Waals surface area contributed by atoms with E-state index in [4.69, 9.17) is 15.7 Å². The third kappa shape index (κ3) is 3.32. The number of unbranched alkanes of at least 4 members (excludes halogenated alkanes) is 2. The van der Waals surface area contributed by atoms with Crippen LogP contribution in [0.3, 0.4) is 0 Å². The number of hydrogen-bond acceptors (Lipinski definition) is 5. The smallest absolute Gasteiger partial charge is 0.244 e. The summed E-state index contributed by atoms with van der Waals surface area (Å²) >= 11 is 0. The molecule has 3 N–H and O–H groups in total. The predicted molar refractivity (Wildman–Crippen MR) is 69.0 cm³/mol. The van der Waals surface area contributed by atoms with Gasteiger partial charge in [-0.3, -0.25) is 0 Å². The molecule has 6 heteroatoms. The number of aryl methyl sites for hydroxylation is 1. The summed E-state index contributed by atoms with van der Waals surface area (Å²) in [4.78, 5) is 0. The molecule has 0 radical (unpaired) electrons. The maximum absolute atomic E-state index is 8.80. The van der Waals surface area contributed by atoms with Crippen LogP contribution in [-0.2, 0) is 0 Å². The molecule has 18 heavy (non-hydrogen) atoms. The molecule has 0 unspecified atom stereocenters. The third-order valence-electron chi connectivity index (χ3n) is 2.77. The minimum Gasteiger partial charge on any atom is -0.476 e. The number of aromatic nitrogens is 2. The summed E-state index contributed by atoms with van der Waals surface area (Å²) in [6, 6.07) is 0. The average Bonchev–Trinajstić information content (AvgIpc) is 2.38. The SMILES string of the molecule is CCCCCOc1nnc(C)c(C)c1/C(N)=N/O. The Bertz CT molecular complexity index is 432. The highest BCUT2D eigenvalue weighted by molar-refractivity contribution is 6.00. The molecule has 0 atom stereocenters. The van der Waals surface area contributed by atoms with Crippen LogP contribution in [0.4, 0.5) is 0 Å². The van der Waals surface area contributed by atoms with Gasteiger partial charge < -0.3 is 15.7 Å². The van der Waals surface area contributed by atoms with E-state index < -0.39 is 0 Å². The molecule has 0 aliphatic heterocycles. The number of ether oxygens (including phenoxy) is 1. The monoisotopic (exact) mass is 252 g/mol. The van der Waals surface area contributed by atoms with E-state index in [0.29, 0.717) is 18.1 Å². The molecule has 0 spiro atoms. The zero-order valence-electron chi connectivity index (χ0n) is 11.1. The van der Waals surface area contributed by atoms with E-state index in [2.05, 4.69) is 22.3 Å². The minimum absolute atomic E-state index is 0.00371. The molecule has 1 rings (SSSR count). The topological polar surface area (TPSA) is 93.6 Å². The molecule has 0 aromatic carbocycles. The van der Waals surface area contributed by atoms with Crippen LogP contribution in [0, 0.1) is 13.8 Å². The number of nitrogens with zero attached hydrogens (tertiary/aromatic N) is 3. The fraction of sp³-hybridized carbons (Fsp3) is 0.583. The fourth-order valence-electron chi connectivity index (χ4n) is 1.56. The molecular formula is C12H20N4O2. The molecule has 0 aliphatic rings. The standard InChI is InChI=1S/C12H20N4O2/c1-4-5-6-7-18-12-10(11(13)16-17)8(2)9(3)14-15-12/h17H,4-7H2,1-3H3,(H2,13,16). The predicted octanol–water partition coefficient (Wildman–Crippen LogP) is 1.76. The van der Waals surface area contributed by atoms with E-state index in [9.17, 15) is 0 Å². The van der Waals surface area contributed by atoms with E-state index in [-0.39, 0.29) is 5.84 Å². The molecule has 0 bridgehead atoms. The Labute approximate surface area is 107 Å². The lowest BCUT2D eigenvalue weighted by molar-refractivity contribution is 0.289. The summed E-state index contributed by atoms with van der Waals surface area (Å²) in [6.45, 7) is 6.34. The van der Waals surface area contributed by atoms with Crippen LogP contribution < -0.4 is 10.5 Å². The van der Waals surface area contributed by atoms with E-state index in [1.165, 1.54) is 0 Å². The van der Waals surface area contributed by atoms with Crippen molar-refractivity contribution in [3.8, 4) is 5.88 Å². The number of nitrogens with two attached hydrogens (primary N) is 1. The number of hydrogen-bond donors (Lipinski definition) is 2. The first-order valence-corrected chi connectivity index (χ1v) is 6.06. The van der Waals surface area contributed by atoms with E-state index in [1.54, 1.807) is 0 Å². The lowest BCUT2D eigenvalue weighted by Crippen LogP contribution is -2.19. The van der Waals surface area contributed by atoms with Crippen molar-refractivity contribution in [2.75, 3.05) is 6.61 Å². The van der Waals surface area contributed by atoms with Crippen molar-refractivity contribution in [1.29, 1.82) is 0 Å². The van der Waals surface area contributed by atoms with Crippen molar-refractivity contribution in [2.45, 2.75) is 40.0 Å². The van der Waals surface area contributed by atoms with E-state index >= 15 is 0 Å². The van der Waals surface area contributed by atoms with Crippen LogP contribution in [0.2, 0.25) is 0 Å². The Morgan fingerprint density at radius 3 is 2.67 bits per heavy atom. The Kier molecular flexibility index (Phi) is 5.35. The van der Waals surface area contributed by atoms with Gasteiger partial charge in [0.2, 0.25) is 5.88 Å². The highest BCUT2D eigenvalue weighted by Crippen LogP contribution is 2.20. The second-order valence-electron chi connectivity index (χ2n) is 4.13. The van der Waals surface area contributed by atoms with Crippen LogP contribution in [0.1, 0.15) is 43.0 Å². The molecule has 0 saturated carbocycles. The minimum atomic E-state index is -0.00371. The Morgan fingerprint density at radius 2 is 2.06 bits per heavy atom. The molecule has 0 aliphatic carbocycles. The van der Waals surface area contributed by atoms with Crippen molar-refractivity contribution in [1.82, 2.24) is 10.2 Å². The van der Waals surface area contributed by atoms with Crippen molar-refractivity contribution >= 4 is 5.84 Å². The molecule has 1 aromatic heterocycles. The van der Waals surface area contributed by atoms with Crippen LogP contribution in [0.15, 0.2) is 5.16 Å². The molecule has 6 nitrogen and oxygen atoms in total. The second-order valence-corrected chi connectivity index (χ2v) is 4.13. The maximum atomic E-state index is 8.80. The van der Waals surface area contributed by atoms with Gasteiger partial charge in [-0.25, -0.2) is 0 Å². The van der Waals surface area contributed by atoms with Crippen LogP contribution >= 0.6 is 0 Å². The van der Waals surface area contributed by atoms with Crippen LogP contribution in [0.25, 0.3) is 0 Å². The van der Waals surface area contributed by atoms with Gasteiger partial charge in [-0.05, 0) is 25.8 Å². The Hall–Kier alpha value is -1.85. The first kappa shape index (κ1) is 14.2. The van der Waals surface area contributed by atoms with Crippen LogP contribution in [-0.4, -0.2) is 27.8 Å². The highest BCUT2D eigenvalue weighted by Gasteiger charge is 2.16. The number of rotatable bonds is 6. The van der Waals surface area contributed by atoms with Gasteiger partial charge in [0.1, 0.15) is 0 Å². The number of oxime groups is 1. The van der Waals surface area contributed by atoms with E-state index in [0.717, 1.165) is 30.5 Å². The van der Waals surface area contributed by atoms with Crippen molar-refractivity contribution in [3.05, 3.63) is 16.8 Å². The first-order valence-electron chi connectivity index (χ1n) is 6.06. The summed E-state index contributed by atoms with van der Waals surface area (Å²) in [5.41, 5.74) is 7.71. The van der Waals surface area contributed by atoms with Crippen molar-refractivity contribution < 1.29 is 9.94 Å². The van der Waals surface area contributed by atoms with Gasteiger partial charge in [0.25, 0.3) is 0 Å². The molecule has 1 aromatic rings. The fourth-order valence-corrected chi connectivity index (χ4v) is 1.56. The van der Waals surface area contributed by atoms with Crippen molar-refractivity contribution in [2.24, 2.45) is 10.9 Å². The second kappa shape index (κ2) is 6.78. The quantitative estimate of drug-likeness (QED) is 0.264. The molecule has 0 saturated heterocycles. The Balaban J connectivity index is 2.93. The summed E-state index contributed by atoms with van der Waals surface area (Å²) in [5.74, 6) is 0.320. The molecule has 0 fully saturated rings. The summed E-state index contributed by atoms with van der Waals surface area (Å²) < 4.78 is 5.55. The van der Waals surface area contributed by atoms with Gasteiger partial charge in [0.05, 0.1) is 17.9 Å². The lowest BCUT2D eigenvalue weighted by atomic mass is 10.1. The van der Waals surface area contributed by atoms with E-state index in [1.807, 2.05) is 13.8 Å². The molecule has 100 valence electrons. The average molecular weight is 252 g/mol. The van der Waals surface area contributed by atoms with Crippen molar-refractivity contribution in [3.63, 3.8) is 0 Å². The van der Waals surface area contributed by atoms with Gasteiger partial charge in [-0.1, -0.05) is 24.9 Å². The normalized spacial score (nSPS) is 11.6. The van der Waals surface area contributed by atoms with Gasteiger partial charge >= 0.3 is 0 Å². The molecular weight excluding hydrogens is 232 g/mol. The lowest BCUT2D eigenvalue weighted by Gasteiger charge is -2.12. The Morgan fingerprint density at radius 1 is 1.33 bits per heavy atom. The highest BCUT2D eigenvalue weighted by atomic mass is 16.5. The van der Waals surface area contributed by atoms with Crippen LogP contribution in [0.5, 0.6) is 5.88 Å². The largest absolute Gasteiger partial charge is 0.476 e. The zero-order chi connectivity index (χ0) is 13.5. The first-order chi connectivity index (χ1) is 8.61. The third-order valence-corrected chi connectivity index (χ3v) is 2.77. The summed E-state index contributed by atoms with van der Waals surface area (Å²) in [6.07, 6.45) is 3.16. The zero-order valence-corrected chi connectivity index (χ0v) is 11.1. The van der Waals surface area contributed by atoms with Gasteiger partial charge in [-0.2, -0.15) is 5.10 Å². The summed E-state index contributed by atoms with van der Waals surface area (Å²) in [5, 5.41) is 19.8. The van der Waals surface area contributed by atoms with Gasteiger partial charge in [0.15, 0.2) is 5.84 Å². The van der Waals surface area contributed by atoms with Gasteiger partial charge in [-0.15, -0.1) is 5.10 Å². The molecule has 1 heterocycles. The van der Waals surface area contributed by atoms with Gasteiger partial charge in [0, 0.05) is 0 Å². The maximum Gasteiger partial charge on any atom is 0.244 e. The number of amidine groups is 1.